The van der Waals surface area contributed by atoms with Crippen LogP contribution in [0.1, 0.15) is 26.2 Å². The number of halogens is 1. The predicted octanol–water partition coefficient (Wildman–Crippen LogP) is -0.378. The summed E-state index contributed by atoms with van der Waals surface area (Å²) in [6.07, 6.45) is 1.94. The first kappa shape index (κ1) is 14.2. The van der Waals surface area contributed by atoms with E-state index in [0.717, 1.165) is 12.8 Å². The van der Waals surface area contributed by atoms with Gasteiger partial charge in [0.2, 0.25) is 11.8 Å². The molecular formula is C9H18ClN3O2. The molecule has 0 aromatic carbocycles. The molecule has 2 amide bonds. The maximum absolute atomic E-state index is 11.3. The molecule has 0 bridgehead atoms. The molecule has 15 heavy (non-hydrogen) atoms. The highest BCUT2D eigenvalue weighted by Crippen LogP contribution is 2.25. The molecule has 5 nitrogen and oxygen atoms in total. The van der Waals surface area contributed by atoms with Crippen LogP contribution < -0.4 is 11.5 Å². The van der Waals surface area contributed by atoms with Crippen molar-refractivity contribution in [1.82, 2.24) is 4.90 Å². The molecular weight excluding hydrogens is 218 g/mol. The lowest BCUT2D eigenvalue weighted by Gasteiger charge is -2.27. The second-order valence-electron chi connectivity index (χ2n) is 3.72. The van der Waals surface area contributed by atoms with Crippen LogP contribution in [0.2, 0.25) is 0 Å². The molecule has 1 saturated heterocycles. The molecule has 0 saturated carbocycles. The zero-order chi connectivity index (χ0) is 10.7. The highest BCUT2D eigenvalue weighted by molar-refractivity contribution is 5.85. The molecule has 4 N–H and O–H groups in total. The number of amides is 2. The van der Waals surface area contributed by atoms with Crippen LogP contribution in [-0.2, 0) is 9.59 Å². The van der Waals surface area contributed by atoms with Gasteiger partial charge in [-0.05, 0) is 12.8 Å². The van der Waals surface area contributed by atoms with E-state index in [-0.39, 0.29) is 42.7 Å². The van der Waals surface area contributed by atoms with Gasteiger partial charge < -0.3 is 16.4 Å². The van der Waals surface area contributed by atoms with Crippen LogP contribution in [-0.4, -0.2) is 35.3 Å². The van der Waals surface area contributed by atoms with Crippen molar-refractivity contribution < 1.29 is 9.59 Å². The van der Waals surface area contributed by atoms with Gasteiger partial charge in [0.25, 0.3) is 0 Å². The predicted molar refractivity (Wildman–Crippen MR) is 59.4 cm³/mol. The van der Waals surface area contributed by atoms with Crippen LogP contribution in [0.5, 0.6) is 0 Å². The van der Waals surface area contributed by atoms with Crippen molar-refractivity contribution >= 4 is 24.2 Å². The van der Waals surface area contributed by atoms with Crippen molar-refractivity contribution in [3.05, 3.63) is 0 Å². The average Bonchev–Trinajstić information content (AvgIpc) is 2.46. The van der Waals surface area contributed by atoms with E-state index in [9.17, 15) is 9.59 Å². The van der Waals surface area contributed by atoms with Gasteiger partial charge in [0.15, 0.2) is 0 Å². The Morgan fingerprint density at radius 1 is 1.33 bits per heavy atom. The molecule has 0 unspecified atom stereocenters. The topological polar surface area (TPSA) is 89.4 Å². The van der Waals surface area contributed by atoms with Crippen molar-refractivity contribution in [2.24, 2.45) is 11.5 Å². The maximum atomic E-state index is 11.3. The summed E-state index contributed by atoms with van der Waals surface area (Å²) < 4.78 is 0. The summed E-state index contributed by atoms with van der Waals surface area (Å²) in [5, 5.41) is 0. The van der Waals surface area contributed by atoms with Gasteiger partial charge in [-0.1, -0.05) is 0 Å². The van der Waals surface area contributed by atoms with Gasteiger partial charge in [0, 0.05) is 32.0 Å². The average molecular weight is 236 g/mol. The molecule has 0 radical (unpaired) electrons. The first-order valence-corrected chi connectivity index (χ1v) is 4.83. The van der Waals surface area contributed by atoms with Gasteiger partial charge in [0.05, 0.1) is 0 Å². The monoisotopic (exact) mass is 235 g/mol. The number of nitrogens with zero attached hydrogens (tertiary/aromatic N) is 1. The molecule has 1 heterocycles. The smallest absolute Gasteiger partial charge is 0.220 e. The third-order valence-corrected chi connectivity index (χ3v) is 2.69. The summed E-state index contributed by atoms with van der Waals surface area (Å²) in [5.74, 6) is -0.386. The van der Waals surface area contributed by atoms with Crippen LogP contribution in [0.15, 0.2) is 0 Å². The fourth-order valence-electron chi connectivity index (χ4n) is 2.14. The largest absolute Gasteiger partial charge is 0.370 e. The first-order chi connectivity index (χ1) is 6.56. The number of carbonyl (C=O) groups excluding carboxylic acids is 2. The minimum absolute atomic E-state index is 0. The van der Waals surface area contributed by atoms with Crippen molar-refractivity contribution in [1.29, 1.82) is 0 Å². The standard InChI is InChI=1S/C9H17N3O2.ClH/c1-6(13)12-7(4-9(11)14)2-3-8(12)5-10;/h7-8H,2-5,10H2,1H3,(H2,11,14);1H/t7-,8+;/m1./s1. The number of carbonyl (C=O) groups is 2. The van der Waals surface area contributed by atoms with Gasteiger partial charge in [-0.15, -0.1) is 12.4 Å². The van der Waals surface area contributed by atoms with Crippen LogP contribution >= 0.6 is 12.4 Å². The van der Waals surface area contributed by atoms with E-state index >= 15 is 0 Å². The second kappa shape index (κ2) is 5.92. The zero-order valence-corrected chi connectivity index (χ0v) is 9.63. The Bertz CT molecular complexity index is 248. The minimum atomic E-state index is -0.362. The first-order valence-electron chi connectivity index (χ1n) is 4.83. The molecule has 0 aromatic heterocycles. The Labute approximate surface area is 95.6 Å². The van der Waals surface area contributed by atoms with Gasteiger partial charge in [-0.2, -0.15) is 0 Å². The maximum Gasteiger partial charge on any atom is 0.220 e. The van der Waals surface area contributed by atoms with Gasteiger partial charge >= 0.3 is 0 Å². The highest BCUT2D eigenvalue weighted by atomic mass is 35.5. The van der Waals surface area contributed by atoms with Crippen LogP contribution in [0.4, 0.5) is 0 Å². The number of rotatable bonds is 3. The van der Waals surface area contributed by atoms with E-state index < -0.39 is 0 Å². The van der Waals surface area contributed by atoms with E-state index in [4.69, 9.17) is 11.5 Å². The summed E-state index contributed by atoms with van der Waals surface area (Å²) in [4.78, 5) is 23.8. The van der Waals surface area contributed by atoms with E-state index in [1.807, 2.05) is 0 Å². The summed E-state index contributed by atoms with van der Waals surface area (Å²) in [6.45, 7) is 1.96. The summed E-state index contributed by atoms with van der Waals surface area (Å²) in [6, 6.07) is 0.0374. The quantitative estimate of drug-likeness (QED) is 0.699. The number of likely N-dealkylation sites (tertiary alicyclic amines) is 1. The van der Waals surface area contributed by atoms with Crippen molar-refractivity contribution in [3.8, 4) is 0 Å². The van der Waals surface area contributed by atoms with Gasteiger partial charge in [-0.25, -0.2) is 0 Å². The Balaban J connectivity index is 0.00000196. The Kier molecular flexibility index (Phi) is 5.60. The van der Waals surface area contributed by atoms with E-state index in [1.54, 1.807) is 4.90 Å². The molecule has 2 atom stereocenters. The Hall–Kier alpha value is -0.810. The lowest BCUT2D eigenvalue weighted by Crippen LogP contribution is -2.44. The van der Waals surface area contributed by atoms with Crippen LogP contribution in [0, 0.1) is 0 Å². The molecule has 1 rings (SSSR count). The van der Waals surface area contributed by atoms with E-state index in [2.05, 4.69) is 0 Å². The Morgan fingerprint density at radius 2 is 1.87 bits per heavy atom. The fourth-order valence-corrected chi connectivity index (χ4v) is 2.14. The minimum Gasteiger partial charge on any atom is -0.370 e. The number of nitrogens with two attached hydrogens (primary N) is 2. The molecule has 6 heteroatoms. The fraction of sp³-hybridized carbons (Fsp3) is 0.778. The molecule has 0 aromatic rings. The molecule has 1 aliphatic rings. The molecule has 1 aliphatic heterocycles. The van der Waals surface area contributed by atoms with E-state index in [1.165, 1.54) is 6.92 Å². The molecule has 88 valence electrons. The zero-order valence-electron chi connectivity index (χ0n) is 8.81. The SMILES string of the molecule is CC(=O)N1[C@H](CN)CC[C@@H]1CC(N)=O.Cl. The third kappa shape index (κ3) is 3.35. The van der Waals surface area contributed by atoms with Crippen molar-refractivity contribution in [2.75, 3.05) is 6.54 Å². The lowest BCUT2D eigenvalue weighted by molar-refractivity contribution is -0.132. The second-order valence-corrected chi connectivity index (χ2v) is 3.72. The van der Waals surface area contributed by atoms with Crippen molar-refractivity contribution in [2.45, 2.75) is 38.3 Å². The third-order valence-electron chi connectivity index (χ3n) is 2.69. The number of hydrogen-bond donors (Lipinski definition) is 2. The summed E-state index contributed by atoms with van der Waals surface area (Å²) in [7, 11) is 0. The molecule has 0 spiro atoms. The Morgan fingerprint density at radius 3 is 2.27 bits per heavy atom. The summed E-state index contributed by atoms with van der Waals surface area (Å²) in [5.41, 5.74) is 10.7. The number of hydrogen-bond acceptors (Lipinski definition) is 3. The van der Waals surface area contributed by atoms with Crippen LogP contribution in [0.25, 0.3) is 0 Å². The highest BCUT2D eigenvalue weighted by Gasteiger charge is 2.34. The van der Waals surface area contributed by atoms with E-state index in [0.29, 0.717) is 6.54 Å². The van der Waals surface area contributed by atoms with Gasteiger partial charge in [-0.3, -0.25) is 9.59 Å². The summed E-state index contributed by atoms with van der Waals surface area (Å²) >= 11 is 0. The van der Waals surface area contributed by atoms with Gasteiger partial charge in [0.1, 0.15) is 0 Å². The lowest BCUT2D eigenvalue weighted by atomic mass is 10.1. The number of primary amides is 1. The van der Waals surface area contributed by atoms with Crippen molar-refractivity contribution in [3.63, 3.8) is 0 Å². The normalized spacial score (nSPS) is 24.8. The molecule has 1 fully saturated rings. The molecule has 0 aliphatic carbocycles. The van der Waals surface area contributed by atoms with Crippen LogP contribution in [0.3, 0.4) is 0 Å².